The topological polar surface area (TPSA) is 70.9 Å². The first-order valence-corrected chi connectivity index (χ1v) is 7.76. The summed E-state index contributed by atoms with van der Waals surface area (Å²) in [6.07, 6.45) is 0. The van der Waals surface area contributed by atoms with Crippen LogP contribution in [0.25, 0.3) is 0 Å². The maximum Gasteiger partial charge on any atom is 0.277 e. The van der Waals surface area contributed by atoms with E-state index in [-0.39, 0.29) is 18.3 Å². The monoisotopic (exact) mass is 376 g/mol. The second-order valence-electron chi connectivity index (χ2n) is 4.98. The molecule has 0 spiro atoms. The van der Waals surface area contributed by atoms with Crippen LogP contribution in [-0.2, 0) is 4.79 Å². The van der Waals surface area contributed by atoms with E-state index in [1.54, 1.807) is 37.3 Å². The number of carbonyl (C=O) groups excluding carboxylic acids is 1. The van der Waals surface area contributed by atoms with Crippen molar-refractivity contribution < 1.29 is 14.6 Å². The highest BCUT2D eigenvalue weighted by Gasteiger charge is 2.05. The van der Waals surface area contributed by atoms with Gasteiger partial charge in [-0.25, -0.2) is 5.43 Å². The third-order valence-electron chi connectivity index (χ3n) is 3.13. The molecule has 0 radical (unpaired) electrons. The minimum atomic E-state index is -0.342. The van der Waals surface area contributed by atoms with Crippen LogP contribution < -0.4 is 10.2 Å². The van der Waals surface area contributed by atoms with E-state index in [4.69, 9.17) is 4.74 Å². The zero-order valence-corrected chi connectivity index (χ0v) is 14.4. The molecule has 0 fully saturated rings. The highest BCUT2D eigenvalue weighted by atomic mass is 79.9. The lowest BCUT2D eigenvalue weighted by atomic mass is 10.1. The fraction of sp³-hybridized carbons (Fsp3) is 0.176. The number of aromatic hydroxyl groups is 1. The Morgan fingerprint density at radius 2 is 1.96 bits per heavy atom. The van der Waals surface area contributed by atoms with E-state index in [1.165, 1.54) is 0 Å². The van der Waals surface area contributed by atoms with Gasteiger partial charge in [-0.1, -0.05) is 15.9 Å². The molecule has 0 saturated carbocycles. The molecule has 0 atom stereocenters. The maximum atomic E-state index is 11.8. The molecule has 2 rings (SSSR count). The van der Waals surface area contributed by atoms with Crippen molar-refractivity contribution in [2.45, 2.75) is 13.8 Å². The van der Waals surface area contributed by atoms with Gasteiger partial charge in [-0.2, -0.15) is 5.10 Å². The van der Waals surface area contributed by atoms with Gasteiger partial charge in [0.1, 0.15) is 11.5 Å². The van der Waals surface area contributed by atoms with Crippen molar-refractivity contribution >= 4 is 27.5 Å². The average molecular weight is 377 g/mol. The first-order chi connectivity index (χ1) is 11.0. The fourth-order valence-electron chi connectivity index (χ4n) is 1.86. The number of phenolic OH excluding ortho intramolecular Hbond substituents is 1. The number of rotatable bonds is 5. The SMILES string of the molecule is C/C(=N\NC(=O)COc1ccc(Br)cc1C)c1ccc(O)cc1. The van der Waals surface area contributed by atoms with Crippen LogP contribution in [0.3, 0.4) is 0 Å². The van der Waals surface area contributed by atoms with Crippen molar-refractivity contribution in [3.63, 3.8) is 0 Å². The molecular formula is C17H17BrN2O3. The Hall–Kier alpha value is -2.34. The third-order valence-corrected chi connectivity index (χ3v) is 3.62. The van der Waals surface area contributed by atoms with E-state index in [0.29, 0.717) is 11.5 Å². The van der Waals surface area contributed by atoms with Gasteiger partial charge in [0.05, 0.1) is 5.71 Å². The Labute approximate surface area is 143 Å². The molecule has 0 unspecified atom stereocenters. The van der Waals surface area contributed by atoms with Gasteiger partial charge in [-0.05, 0) is 67.4 Å². The van der Waals surface area contributed by atoms with Crippen LogP contribution >= 0.6 is 15.9 Å². The summed E-state index contributed by atoms with van der Waals surface area (Å²) >= 11 is 3.38. The molecule has 0 aliphatic rings. The standard InChI is InChI=1S/C17H17BrN2O3/c1-11-9-14(18)5-8-16(11)23-10-17(22)20-19-12(2)13-3-6-15(21)7-4-13/h3-9,21H,10H2,1-2H3,(H,20,22)/b19-12+. The molecule has 0 bridgehead atoms. The minimum Gasteiger partial charge on any atom is -0.508 e. The van der Waals surface area contributed by atoms with Crippen LogP contribution in [0.2, 0.25) is 0 Å². The number of hydrazone groups is 1. The molecule has 0 heterocycles. The first-order valence-electron chi connectivity index (χ1n) is 6.97. The molecule has 1 amide bonds. The molecule has 6 heteroatoms. The zero-order chi connectivity index (χ0) is 16.8. The van der Waals surface area contributed by atoms with Gasteiger partial charge in [-0.15, -0.1) is 0 Å². The summed E-state index contributed by atoms with van der Waals surface area (Å²) in [5.74, 6) is 0.497. The van der Waals surface area contributed by atoms with Crippen molar-refractivity contribution in [2.75, 3.05) is 6.61 Å². The highest BCUT2D eigenvalue weighted by molar-refractivity contribution is 9.10. The van der Waals surface area contributed by atoms with Crippen molar-refractivity contribution in [3.05, 3.63) is 58.1 Å². The Morgan fingerprint density at radius 1 is 1.26 bits per heavy atom. The van der Waals surface area contributed by atoms with E-state index >= 15 is 0 Å². The minimum absolute atomic E-state index is 0.116. The zero-order valence-electron chi connectivity index (χ0n) is 12.8. The van der Waals surface area contributed by atoms with Crippen molar-refractivity contribution in [1.82, 2.24) is 5.43 Å². The summed E-state index contributed by atoms with van der Waals surface area (Å²) in [5, 5.41) is 13.3. The first kappa shape index (κ1) is 17.0. The van der Waals surface area contributed by atoms with Gasteiger partial charge in [0.25, 0.3) is 5.91 Å². The van der Waals surface area contributed by atoms with Gasteiger partial charge in [0.15, 0.2) is 6.61 Å². The van der Waals surface area contributed by atoms with E-state index in [1.807, 2.05) is 19.1 Å². The number of carbonyl (C=O) groups is 1. The smallest absolute Gasteiger partial charge is 0.277 e. The Bertz CT molecular complexity index is 727. The van der Waals surface area contributed by atoms with E-state index in [9.17, 15) is 9.90 Å². The van der Waals surface area contributed by atoms with Crippen LogP contribution in [0.5, 0.6) is 11.5 Å². The molecule has 0 saturated heterocycles. The van der Waals surface area contributed by atoms with Crippen LogP contribution in [0, 0.1) is 6.92 Å². The van der Waals surface area contributed by atoms with Crippen molar-refractivity contribution in [3.8, 4) is 11.5 Å². The highest BCUT2D eigenvalue weighted by Crippen LogP contribution is 2.21. The van der Waals surface area contributed by atoms with Gasteiger partial charge < -0.3 is 9.84 Å². The summed E-state index contributed by atoms with van der Waals surface area (Å²) in [5.41, 5.74) is 4.84. The van der Waals surface area contributed by atoms with E-state index in [0.717, 1.165) is 15.6 Å². The maximum absolute atomic E-state index is 11.8. The molecule has 2 aromatic carbocycles. The number of nitrogens with one attached hydrogen (secondary N) is 1. The van der Waals surface area contributed by atoms with Gasteiger partial charge in [0.2, 0.25) is 0 Å². The number of hydrogen-bond acceptors (Lipinski definition) is 4. The second-order valence-corrected chi connectivity index (χ2v) is 5.89. The molecule has 0 aliphatic heterocycles. The Morgan fingerprint density at radius 3 is 2.61 bits per heavy atom. The summed E-state index contributed by atoms with van der Waals surface area (Å²) < 4.78 is 6.43. The van der Waals surface area contributed by atoms with Crippen LogP contribution in [0.1, 0.15) is 18.1 Å². The molecule has 23 heavy (non-hydrogen) atoms. The quantitative estimate of drug-likeness (QED) is 0.620. The molecule has 5 nitrogen and oxygen atoms in total. The van der Waals surface area contributed by atoms with Gasteiger partial charge >= 0.3 is 0 Å². The predicted molar refractivity (Wildman–Crippen MR) is 92.8 cm³/mol. The molecule has 0 aromatic heterocycles. The summed E-state index contributed by atoms with van der Waals surface area (Å²) in [7, 11) is 0. The van der Waals surface area contributed by atoms with Crippen LogP contribution in [0.15, 0.2) is 52.0 Å². The number of halogens is 1. The molecule has 2 N–H and O–H groups in total. The predicted octanol–water partition coefficient (Wildman–Crippen LogP) is 3.38. The fourth-order valence-corrected chi connectivity index (χ4v) is 2.34. The summed E-state index contributed by atoms with van der Waals surface area (Å²) in [6.45, 7) is 3.56. The molecule has 0 aliphatic carbocycles. The second kappa shape index (κ2) is 7.78. The van der Waals surface area contributed by atoms with Crippen LogP contribution in [0.4, 0.5) is 0 Å². The van der Waals surface area contributed by atoms with Gasteiger partial charge in [-0.3, -0.25) is 4.79 Å². The number of nitrogens with zero attached hydrogens (tertiary/aromatic N) is 1. The lowest BCUT2D eigenvalue weighted by molar-refractivity contribution is -0.123. The number of ether oxygens (including phenoxy) is 1. The Kier molecular flexibility index (Phi) is 5.76. The average Bonchev–Trinajstić information content (AvgIpc) is 2.52. The number of benzene rings is 2. The van der Waals surface area contributed by atoms with Gasteiger partial charge in [0, 0.05) is 4.47 Å². The van der Waals surface area contributed by atoms with E-state index in [2.05, 4.69) is 26.5 Å². The number of phenols is 1. The van der Waals surface area contributed by atoms with Crippen molar-refractivity contribution in [2.24, 2.45) is 5.10 Å². The lowest BCUT2D eigenvalue weighted by Gasteiger charge is -2.08. The molecule has 2 aromatic rings. The summed E-state index contributed by atoms with van der Waals surface area (Å²) in [6, 6.07) is 12.2. The number of amides is 1. The van der Waals surface area contributed by atoms with Crippen molar-refractivity contribution in [1.29, 1.82) is 0 Å². The van der Waals surface area contributed by atoms with Crippen LogP contribution in [-0.4, -0.2) is 23.3 Å². The van der Waals surface area contributed by atoms with E-state index < -0.39 is 0 Å². The lowest BCUT2D eigenvalue weighted by Crippen LogP contribution is -2.25. The molecular weight excluding hydrogens is 360 g/mol. The number of aryl methyl sites for hydroxylation is 1. The number of hydrogen-bond donors (Lipinski definition) is 2. The molecule has 120 valence electrons. The third kappa shape index (κ3) is 5.10. The normalized spacial score (nSPS) is 11.2. The summed E-state index contributed by atoms with van der Waals surface area (Å²) in [4.78, 5) is 11.8. The largest absolute Gasteiger partial charge is 0.508 e. The Balaban J connectivity index is 1.89.